The predicted molar refractivity (Wildman–Crippen MR) is 62.1 cm³/mol. The van der Waals surface area contributed by atoms with E-state index < -0.39 is 19.9 Å². The topological polar surface area (TPSA) is 93.1 Å². The van der Waals surface area contributed by atoms with Crippen LogP contribution in [0.5, 0.6) is 0 Å². The van der Waals surface area contributed by atoms with Gasteiger partial charge in [-0.3, -0.25) is 4.52 Å². The molecule has 0 saturated carbocycles. The molecule has 0 bridgehead atoms. The highest BCUT2D eigenvalue weighted by molar-refractivity contribution is 7.46. The highest BCUT2D eigenvalue weighted by Gasteiger charge is 2.26. The van der Waals surface area contributed by atoms with Gasteiger partial charge >= 0.3 is 13.8 Å². The summed E-state index contributed by atoms with van der Waals surface area (Å²) in [5, 5.41) is 0. The van der Waals surface area contributed by atoms with Gasteiger partial charge in [-0.05, 0) is 18.8 Å². The zero-order valence-corrected chi connectivity index (χ0v) is 10.9. The molecule has 6 nitrogen and oxygen atoms in total. The Labute approximate surface area is 101 Å². The first-order chi connectivity index (χ1) is 7.84. The maximum atomic E-state index is 11.1. The van der Waals surface area contributed by atoms with Crippen molar-refractivity contribution in [3.63, 3.8) is 0 Å². The molecule has 2 N–H and O–H groups in total. The van der Waals surface area contributed by atoms with Crippen molar-refractivity contribution in [2.45, 2.75) is 32.8 Å². The summed E-state index contributed by atoms with van der Waals surface area (Å²) in [6.07, 6.45) is 1.77. The minimum absolute atomic E-state index is 0.00884. The summed E-state index contributed by atoms with van der Waals surface area (Å²) in [6.45, 7) is 6.75. The first-order valence-electron chi connectivity index (χ1n) is 5.37. The van der Waals surface area contributed by atoms with Crippen LogP contribution in [0, 0.1) is 5.92 Å². The zero-order chi connectivity index (χ0) is 13.5. The van der Waals surface area contributed by atoms with Crippen LogP contribution in [0.4, 0.5) is 0 Å². The lowest BCUT2D eigenvalue weighted by atomic mass is 9.97. The van der Waals surface area contributed by atoms with Gasteiger partial charge in [-0.15, -0.1) is 0 Å². The van der Waals surface area contributed by atoms with E-state index in [0.29, 0.717) is 0 Å². The molecule has 7 heteroatoms. The molecule has 0 amide bonds. The number of carbonyl (C=O) groups excluding carboxylic acids is 1. The SMILES string of the molecule is C=CC(=O)OC(COP(=O)(O)O)C(CC)CC. The molecule has 0 aliphatic heterocycles. The smallest absolute Gasteiger partial charge is 0.456 e. The molecule has 0 aliphatic carbocycles. The Kier molecular flexibility index (Phi) is 7.30. The monoisotopic (exact) mass is 266 g/mol. The molecule has 0 spiro atoms. The average molecular weight is 266 g/mol. The van der Waals surface area contributed by atoms with Crippen LogP contribution in [0.15, 0.2) is 12.7 Å². The minimum atomic E-state index is -4.55. The van der Waals surface area contributed by atoms with E-state index in [1.807, 2.05) is 13.8 Å². The molecule has 0 radical (unpaired) electrons. The molecule has 0 aromatic rings. The number of hydrogen-bond donors (Lipinski definition) is 2. The van der Waals surface area contributed by atoms with Gasteiger partial charge in [0, 0.05) is 6.08 Å². The van der Waals surface area contributed by atoms with E-state index >= 15 is 0 Å². The molecule has 1 unspecified atom stereocenters. The first kappa shape index (κ1) is 16.3. The fourth-order valence-electron chi connectivity index (χ4n) is 1.45. The van der Waals surface area contributed by atoms with Crippen molar-refractivity contribution in [2.24, 2.45) is 5.92 Å². The Morgan fingerprint density at radius 1 is 1.41 bits per heavy atom. The van der Waals surface area contributed by atoms with Gasteiger partial charge in [-0.2, -0.15) is 0 Å². The molecule has 0 aromatic heterocycles. The standard InChI is InChI=1S/C10H19O6P/c1-4-8(5-2)9(16-10(11)6-3)7-15-17(12,13)14/h6,8-9H,3-5,7H2,1-2H3,(H2,12,13,14). The third-order valence-corrected chi connectivity index (χ3v) is 2.90. The third kappa shape index (κ3) is 7.28. The summed E-state index contributed by atoms with van der Waals surface area (Å²) >= 11 is 0. The van der Waals surface area contributed by atoms with Crippen molar-refractivity contribution in [1.29, 1.82) is 0 Å². The van der Waals surface area contributed by atoms with E-state index in [-0.39, 0.29) is 12.5 Å². The first-order valence-corrected chi connectivity index (χ1v) is 6.90. The van der Waals surface area contributed by atoms with E-state index in [1.165, 1.54) is 0 Å². The van der Waals surface area contributed by atoms with Gasteiger partial charge in [0.15, 0.2) is 0 Å². The van der Waals surface area contributed by atoms with Gasteiger partial charge < -0.3 is 14.5 Å². The number of ether oxygens (including phenoxy) is 1. The highest BCUT2D eigenvalue weighted by Crippen LogP contribution is 2.36. The average Bonchev–Trinajstić information content (AvgIpc) is 2.25. The van der Waals surface area contributed by atoms with Crippen LogP contribution in [-0.2, 0) is 18.6 Å². The lowest BCUT2D eigenvalue weighted by Gasteiger charge is -2.24. The van der Waals surface area contributed by atoms with Crippen LogP contribution in [0.2, 0.25) is 0 Å². The molecular weight excluding hydrogens is 247 g/mol. The van der Waals surface area contributed by atoms with Crippen molar-refractivity contribution in [3.8, 4) is 0 Å². The van der Waals surface area contributed by atoms with Gasteiger partial charge in [0.1, 0.15) is 6.10 Å². The summed E-state index contributed by atoms with van der Waals surface area (Å²) in [5.41, 5.74) is 0. The van der Waals surface area contributed by atoms with Gasteiger partial charge in [0.05, 0.1) is 6.61 Å². The Balaban J connectivity index is 4.54. The van der Waals surface area contributed by atoms with Crippen molar-refractivity contribution in [1.82, 2.24) is 0 Å². The van der Waals surface area contributed by atoms with E-state index in [4.69, 9.17) is 14.5 Å². The van der Waals surface area contributed by atoms with Crippen LogP contribution in [0.1, 0.15) is 26.7 Å². The second kappa shape index (κ2) is 7.61. The number of esters is 1. The Morgan fingerprint density at radius 2 is 1.94 bits per heavy atom. The fourth-order valence-corrected chi connectivity index (χ4v) is 1.79. The van der Waals surface area contributed by atoms with Gasteiger partial charge in [-0.25, -0.2) is 9.36 Å². The molecule has 0 saturated heterocycles. The zero-order valence-electron chi connectivity index (χ0n) is 10.0. The van der Waals surface area contributed by atoms with E-state index in [0.717, 1.165) is 18.9 Å². The maximum absolute atomic E-state index is 11.1. The maximum Gasteiger partial charge on any atom is 0.469 e. The lowest BCUT2D eigenvalue weighted by molar-refractivity contribution is -0.148. The molecule has 0 fully saturated rings. The highest BCUT2D eigenvalue weighted by atomic mass is 31.2. The largest absolute Gasteiger partial charge is 0.469 e. The van der Waals surface area contributed by atoms with E-state index in [2.05, 4.69) is 11.1 Å². The second-order valence-corrected chi connectivity index (χ2v) is 4.78. The molecule has 0 rings (SSSR count). The summed E-state index contributed by atoms with van der Waals surface area (Å²) in [6, 6.07) is 0. The summed E-state index contributed by atoms with van der Waals surface area (Å²) in [5.74, 6) is -0.637. The quantitative estimate of drug-likeness (QED) is 0.394. The Morgan fingerprint density at radius 3 is 2.29 bits per heavy atom. The molecule has 0 heterocycles. The molecule has 100 valence electrons. The molecule has 1 atom stereocenters. The Bertz CT molecular complexity index is 293. The van der Waals surface area contributed by atoms with Gasteiger partial charge in [0.25, 0.3) is 0 Å². The number of carbonyl (C=O) groups is 1. The predicted octanol–water partition coefficient (Wildman–Crippen LogP) is 1.63. The molecule has 17 heavy (non-hydrogen) atoms. The summed E-state index contributed by atoms with van der Waals surface area (Å²) in [7, 11) is -4.55. The van der Waals surface area contributed by atoms with E-state index in [9.17, 15) is 9.36 Å². The van der Waals surface area contributed by atoms with Crippen molar-refractivity contribution < 1.29 is 28.4 Å². The van der Waals surface area contributed by atoms with Gasteiger partial charge in [-0.1, -0.05) is 20.4 Å². The third-order valence-electron chi connectivity index (χ3n) is 2.42. The summed E-state index contributed by atoms with van der Waals surface area (Å²) < 4.78 is 20.0. The van der Waals surface area contributed by atoms with Crippen LogP contribution >= 0.6 is 7.82 Å². The second-order valence-electron chi connectivity index (χ2n) is 3.54. The number of hydrogen-bond acceptors (Lipinski definition) is 4. The molecular formula is C10H19O6P. The minimum Gasteiger partial charge on any atom is -0.456 e. The summed E-state index contributed by atoms with van der Waals surface area (Å²) in [4.78, 5) is 28.3. The van der Waals surface area contributed by atoms with Crippen LogP contribution in [0.3, 0.4) is 0 Å². The molecule has 0 aliphatic rings. The van der Waals surface area contributed by atoms with Crippen LogP contribution in [-0.4, -0.2) is 28.5 Å². The number of rotatable bonds is 8. The van der Waals surface area contributed by atoms with Crippen LogP contribution < -0.4 is 0 Å². The lowest BCUT2D eigenvalue weighted by Crippen LogP contribution is -2.30. The fraction of sp³-hybridized carbons (Fsp3) is 0.700. The number of phosphoric acid groups is 1. The van der Waals surface area contributed by atoms with Crippen molar-refractivity contribution >= 4 is 13.8 Å². The number of phosphoric ester groups is 1. The normalized spacial score (nSPS) is 13.5. The van der Waals surface area contributed by atoms with Crippen LogP contribution in [0.25, 0.3) is 0 Å². The van der Waals surface area contributed by atoms with E-state index in [1.54, 1.807) is 0 Å². The van der Waals surface area contributed by atoms with Gasteiger partial charge in [0.2, 0.25) is 0 Å². The van der Waals surface area contributed by atoms with Crippen molar-refractivity contribution in [2.75, 3.05) is 6.61 Å². The van der Waals surface area contributed by atoms with Crippen molar-refractivity contribution in [3.05, 3.63) is 12.7 Å². The molecule has 0 aromatic carbocycles. The Hall–Kier alpha value is -0.680.